The fraction of sp³-hybridized carbons (Fsp3) is 0.0588. The van der Waals surface area contributed by atoms with E-state index in [-0.39, 0.29) is 12.7 Å². The third kappa shape index (κ3) is 2.34. The molecule has 114 valence electrons. The van der Waals surface area contributed by atoms with Crippen LogP contribution in [-0.2, 0) is 0 Å². The molecule has 0 aliphatic carbocycles. The van der Waals surface area contributed by atoms with Gasteiger partial charge in [-0.05, 0) is 48.5 Å². The number of benzene rings is 2. The molecule has 0 radical (unpaired) electrons. The number of carbonyl (C=O) groups excluding carboxylic acids is 1. The van der Waals surface area contributed by atoms with Crippen molar-refractivity contribution in [3.63, 3.8) is 0 Å². The first-order valence-corrected chi connectivity index (χ1v) is 6.97. The first kappa shape index (κ1) is 13.5. The molecule has 0 amide bonds. The highest BCUT2D eigenvalue weighted by molar-refractivity contribution is 5.97. The Kier molecular flexibility index (Phi) is 3.08. The van der Waals surface area contributed by atoms with Crippen LogP contribution in [0, 0.1) is 5.82 Å². The third-order valence-corrected chi connectivity index (χ3v) is 3.59. The van der Waals surface area contributed by atoms with Gasteiger partial charge in [-0.15, -0.1) is 0 Å². The molecule has 2 aromatic carbocycles. The monoisotopic (exact) mass is 310 g/mol. The van der Waals surface area contributed by atoms with E-state index in [4.69, 9.17) is 9.47 Å². The van der Waals surface area contributed by atoms with E-state index >= 15 is 0 Å². The topological polar surface area (TPSA) is 53.4 Å². The van der Waals surface area contributed by atoms with Crippen molar-refractivity contribution >= 4 is 5.91 Å². The van der Waals surface area contributed by atoms with Gasteiger partial charge in [0.25, 0.3) is 5.91 Å². The SMILES string of the molecule is O=C(c1ccc(F)cc1)n1nccc1-c1ccc2c(c1)OCO2. The Morgan fingerprint density at radius 3 is 2.65 bits per heavy atom. The molecule has 5 nitrogen and oxygen atoms in total. The lowest BCUT2D eigenvalue weighted by Crippen LogP contribution is -2.14. The van der Waals surface area contributed by atoms with Crippen LogP contribution in [0.2, 0.25) is 0 Å². The molecule has 1 aliphatic rings. The third-order valence-electron chi connectivity index (χ3n) is 3.59. The molecule has 0 unspecified atom stereocenters. The van der Waals surface area contributed by atoms with Gasteiger partial charge in [-0.1, -0.05) is 0 Å². The van der Waals surface area contributed by atoms with E-state index in [1.807, 2.05) is 6.07 Å². The highest BCUT2D eigenvalue weighted by atomic mass is 19.1. The Morgan fingerprint density at radius 2 is 1.83 bits per heavy atom. The maximum Gasteiger partial charge on any atom is 0.278 e. The van der Waals surface area contributed by atoms with Crippen LogP contribution in [-0.4, -0.2) is 22.5 Å². The number of ether oxygens (including phenoxy) is 2. The molecule has 0 spiro atoms. The maximum atomic E-state index is 13.0. The molecule has 1 aliphatic heterocycles. The second kappa shape index (κ2) is 5.24. The molecular weight excluding hydrogens is 299 g/mol. The second-order valence-corrected chi connectivity index (χ2v) is 5.01. The number of nitrogens with zero attached hydrogens (tertiary/aromatic N) is 2. The number of fused-ring (bicyclic) bond motifs is 1. The van der Waals surface area contributed by atoms with Crippen LogP contribution in [0.25, 0.3) is 11.3 Å². The van der Waals surface area contributed by atoms with Gasteiger partial charge < -0.3 is 9.47 Å². The largest absolute Gasteiger partial charge is 0.454 e. The second-order valence-electron chi connectivity index (χ2n) is 5.01. The Balaban J connectivity index is 1.73. The molecule has 0 saturated heterocycles. The molecular formula is C17H11FN2O3. The zero-order chi connectivity index (χ0) is 15.8. The summed E-state index contributed by atoms with van der Waals surface area (Å²) < 4.78 is 24.9. The van der Waals surface area contributed by atoms with Crippen molar-refractivity contribution in [3.05, 3.63) is 66.1 Å². The van der Waals surface area contributed by atoms with Gasteiger partial charge in [-0.25, -0.2) is 4.39 Å². The van der Waals surface area contributed by atoms with Gasteiger partial charge in [0.2, 0.25) is 6.79 Å². The molecule has 0 atom stereocenters. The summed E-state index contributed by atoms with van der Waals surface area (Å²) in [5.74, 6) is 0.579. The molecule has 23 heavy (non-hydrogen) atoms. The normalized spacial score (nSPS) is 12.4. The summed E-state index contributed by atoms with van der Waals surface area (Å²) in [6.07, 6.45) is 1.54. The zero-order valence-corrected chi connectivity index (χ0v) is 11.9. The molecule has 0 fully saturated rings. The minimum atomic E-state index is -0.391. The number of carbonyl (C=O) groups is 1. The van der Waals surface area contributed by atoms with Gasteiger partial charge in [0.15, 0.2) is 11.5 Å². The van der Waals surface area contributed by atoms with E-state index in [1.165, 1.54) is 28.9 Å². The number of aromatic nitrogens is 2. The molecule has 3 aromatic rings. The summed E-state index contributed by atoms with van der Waals surface area (Å²) in [5, 5.41) is 4.09. The van der Waals surface area contributed by atoms with Gasteiger partial charge in [0.05, 0.1) is 11.9 Å². The lowest BCUT2D eigenvalue weighted by Gasteiger charge is -2.07. The Hall–Kier alpha value is -3.15. The van der Waals surface area contributed by atoms with Gasteiger partial charge in [0.1, 0.15) is 5.82 Å². The van der Waals surface area contributed by atoms with Crippen molar-refractivity contribution < 1.29 is 18.7 Å². The van der Waals surface area contributed by atoms with Crippen LogP contribution in [0.3, 0.4) is 0 Å². The summed E-state index contributed by atoms with van der Waals surface area (Å²) >= 11 is 0. The predicted octanol–water partition coefficient (Wildman–Crippen LogP) is 3.11. The predicted molar refractivity (Wildman–Crippen MR) is 79.9 cm³/mol. The van der Waals surface area contributed by atoms with Crippen molar-refractivity contribution in [3.8, 4) is 22.8 Å². The highest BCUT2D eigenvalue weighted by Gasteiger charge is 2.18. The average molecular weight is 310 g/mol. The number of hydrogen-bond acceptors (Lipinski definition) is 4. The minimum absolute atomic E-state index is 0.187. The van der Waals surface area contributed by atoms with Crippen molar-refractivity contribution in [2.75, 3.05) is 6.79 Å². The van der Waals surface area contributed by atoms with E-state index in [9.17, 15) is 9.18 Å². The average Bonchev–Trinajstić information content (AvgIpc) is 3.23. The first-order valence-electron chi connectivity index (χ1n) is 6.97. The van der Waals surface area contributed by atoms with Gasteiger partial charge >= 0.3 is 0 Å². The lowest BCUT2D eigenvalue weighted by molar-refractivity contribution is 0.0947. The molecule has 1 aromatic heterocycles. The number of hydrogen-bond donors (Lipinski definition) is 0. The van der Waals surface area contributed by atoms with Crippen LogP contribution in [0.1, 0.15) is 10.4 Å². The standard InChI is InChI=1S/C17H11FN2O3/c18-13-4-1-11(2-5-13)17(21)20-14(7-8-19-20)12-3-6-15-16(9-12)23-10-22-15/h1-9H,10H2. The fourth-order valence-electron chi connectivity index (χ4n) is 2.45. The molecule has 2 heterocycles. The van der Waals surface area contributed by atoms with Crippen molar-refractivity contribution in [2.24, 2.45) is 0 Å². The molecule has 0 N–H and O–H groups in total. The summed E-state index contributed by atoms with van der Waals surface area (Å²) in [6, 6.07) is 12.5. The molecule has 4 rings (SSSR count). The van der Waals surface area contributed by atoms with Crippen LogP contribution in [0.4, 0.5) is 4.39 Å². The van der Waals surface area contributed by atoms with Crippen molar-refractivity contribution in [1.82, 2.24) is 9.78 Å². The van der Waals surface area contributed by atoms with Gasteiger partial charge in [0, 0.05) is 11.1 Å². The maximum absolute atomic E-state index is 13.0. The van der Waals surface area contributed by atoms with Crippen LogP contribution < -0.4 is 9.47 Å². The van der Waals surface area contributed by atoms with Crippen LogP contribution >= 0.6 is 0 Å². The first-order chi connectivity index (χ1) is 11.2. The van der Waals surface area contributed by atoms with Gasteiger partial charge in [-0.2, -0.15) is 9.78 Å². The fourth-order valence-corrected chi connectivity index (χ4v) is 2.45. The summed E-state index contributed by atoms with van der Waals surface area (Å²) in [4.78, 5) is 12.6. The lowest BCUT2D eigenvalue weighted by atomic mass is 10.1. The number of rotatable bonds is 2. The molecule has 6 heteroatoms. The smallest absolute Gasteiger partial charge is 0.278 e. The van der Waals surface area contributed by atoms with E-state index in [2.05, 4.69) is 5.10 Å². The Morgan fingerprint density at radius 1 is 1.04 bits per heavy atom. The van der Waals surface area contributed by atoms with Crippen LogP contribution in [0.15, 0.2) is 54.7 Å². The number of halogens is 1. The van der Waals surface area contributed by atoms with Crippen molar-refractivity contribution in [1.29, 1.82) is 0 Å². The summed E-state index contributed by atoms with van der Waals surface area (Å²) in [5.41, 5.74) is 1.76. The molecule has 0 saturated carbocycles. The quantitative estimate of drug-likeness (QED) is 0.730. The zero-order valence-electron chi connectivity index (χ0n) is 11.9. The summed E-state index contributed by atoms with van der Waals surface area (Å²) in [6.45, 7) is 0.187. The summed E-state index contributed by atoms with van der Waals surface area (Å²) in [7, 11) is 0. The van der Waals surface area contributed by atoms with E-state index in [0.717, 1.165) is 5.56 Å². The molecule has 0 bridgehead atoms. The van der Waals surface area contributed by atoms with Crippen LogP contribution in [0.5, 0.6) is 11.5 Å². The van der Waals surface area contributed by atoms with E-state index in [1.54, 1.807) is 24.4 Å². The van der Waals surface area contributed by atoms with E-state index < -0.39 is 5.82 Å². The van der Waals surface area contributed by atoms with E-state index in [0.29, 0.717) is 22.8 Å². The highest BCUT2D eigenvalue weighted by Crippen LogP contribution is 2.35. The Labute approximate surface area is 130 Å². The van der Waals surface area contributed by atoms with Crippen molar-refractivity contribution in [2.45, 2.75) is 0 Å². The minimum Gasteiger partial charge on any atom is -0.454 e. The van der Waals surface area contributed by atoms with Gasteiger partial charge in [-0.3, -0.25) is 4.79 Å². The Bertz CT molecular complexity index is 887.